The Balaban J connectivity index is 1.87. The molecule has 0 aliphatic carbocycles. The molecular formula is C13H8ClN3O4S. The van der Waals surface area contributed by atoms with Gasteiger partial charge >= 0.3 is 5.88 Å². The number of aromatic nitrogens is 1. The molecule has 3 rings (SSSR count). The minimum atomic E-state index is -0.709. The molecule has 1 amide bonds. The second-order valence-corrected chi connectivity index (χ2v) is 5.90. The van der Waals surface area contributed by atoms with Crippen LogP contribution in [-0.4, -0.2) is 15.8 Å². The first-order chi connectivity index (χ1) is 10.4. The zero-order valence-electron chi connectivity index (χ0n) is 11.1. The molecule has 0 bridgehead atoms. The fourth-order valence-electron chi connectivity index (χ4n) is 1.91. The molecule has 2 aromatic heterocycles. The summed E-state index contributed by atoms with van der Waals surface area (Å²) < 4.78 is 5.68. The maximum absolute atomic E-state index is 12.0. The van der Waals surface area contributed by atoms with Gasteiger partial charge in [-0.25, -0.2) is 4.98 Å². The van der Waals surface area contributed by atoms with E-state index in [0.29, 0.717) is 10.2 Å². The number of benzene rings is 1. The van der Waals surface area contributed by atoms with Crippen molar-refractivity contribution in [3.63, 3.8) is 0 Å². The highest BCUT2D eigenvalue weighted by Gasteiger charge is 2.18. The molecular weight excluding hydrogens is 330 g/mol. The number of thiazole rings is 1. The van der Waals surface area contributed by atoms with Crippen LogP contribution in [0.1, 0.15) is 16.1 Å². The molecule has 0 unspecified atom stereocenters. The van der Waals surface area contributed by atoms with Crippen molar-refractivity contribution >= 4 is 50.1 Å². The zero-order chi connectivity index (χ0) is 15.9. The smallest absolute Gasteiger partial charge is 0.395 e. The maximum Gasteiger partial charge on any atom is 0.433 e. The van der Waals surface area contributed by atoms with Crippen LogP contribution in [0.25, 0.3) is 10.2 Å². The number of hydrogen-bond donors (Lipinski definition) is 1. The molecule has 0 radical (unpaired) electrons. The first-order valence-electron chi connectivity index (χ1n) is 6.06. The third-order valence-corrected chi connectivity index (χ3v) is 4.00. The van der Waals surface area contributed by atoms with E-state index in [-0.39, 0.29) is 5.76 Å². The van der Waals surface area contributed by atoms with Gasteiger partial charge in [0.15, 0.2) is 10.9 Å². The van der Waals surface area contributed by atoms with Crippen molar-refractivity contribution < 1.29 is 14.1 Å². The number of amides is 1. The number of fused-ring (bicyclic) bond motifs is 1. The standard InChI is InChI=1S/C13H8ClN3O4S/c1-6-4-7(14)5-9-11(6)15-13(22-9)16-12(18)8-2-3-10(21-8)17(19)20/h2-5H,1H3,(H,15,16,18). The number of rotatable bonds is 3. The molecule has 7 nitrogen and oxygen atoms in total. The van der Waals surface area contributed by atoms with Crippen molar-refractivity contribution in [2.75, 3.05) is 5.32 Å². The lowest BCUT2D eigenvalue weighted by molar-refractivity contribution is -0.402. The van der Waals surface area contributed by atoms with Gasteiger partial charge in [0, 0.05) is 5.02 Å². The monoisotopic (exact) mass is 337 g/mol. The molecule has 0 atom stereocenters. The lowest BCUT2D eigenvalue weighted by Crippen LogP contribution is -2.10. The number of nitro groups is 1. The van der Waals surface area contributed by atoms with Gasteiger partial charge in [0.2, 0.25) is 0 Å². The van der Waals surface area contributed by atoms with Gasteiger partial charge in [-0.3, -0.25) is 20.2 Å². The molecule has 112 valence electrons. The average molecular weight is 338 g/mol. The van der Waals surface area contributed by atoms with Crippen molar-refractivity contribution in [2.45, 2.75) is 6.92 Å². The zero-order valence-corrected chi connectivity index (χ0v) is 12.7. The van der Waals surface area contributed by atoms with Gasteiger partial charge in [-0.1, -0.05) is 22.9 Å². The van der Waals surface area contributed by atoms with Crippen LogP contribution in [0.2, 0.25) is 5.02 Å². The van der Waals surface area contributed by atoms with Gasteiger partial charge in [-0.05, 0) is 30.7 Å². The first-order valence-corrected chi connectivity index (χ1v) is 7.26. The number of nitrogens with one attached hydrogen (secondary N) is 1. The van der Waals surface area contributed by atoms with E-state index in [4.69, 9.17) is 16.0 Å². The van der Waals surface area contributed by atoms with Crippen LogP contribution >= 0.6 is 22.9 Å². The normalized spacial score (nSPS) is 10.8. The summed E-state index contributed by atoms with van der Waals surface area (Å²) in [7, 11) is 0. The van der Waals surface area contributed by atoms with Crippen LogP contribution < -0.4 is 5.32 Å². The van der Waals surface area contributed by atoms with E-state index in [2.05, 4.69) is 10.3 Å². The molecule has 0 saturated heterocycles. The van der Waals surface area contributed by atoms with Crippen LogP contribution in [0.15, 0.2) is 28.7 Å². The summed E-state index contributed by atoms with van der Waals surface area (Å²) in [6.07, 6.45) is 0. The minimum absolute atomic E-state index is 0.152. The number of nitrogens with zero attached hydrogens (tertiary/aromatic N) is 2. The van der Waals surface area contributed by atoms with Gasteiger partial charge in [0.1, 0.15) is 4.92 Å². The number of carbonyl (C=O) groups excluding carboxylic acids is 1. The molecule has 0 aliphatic rings. The third-order valence-electron chi connectivity index (χ3n) is 2.87. The van der Waals surface area contributed by atoms with Crippen LogP contribution in [0.4, 0.5) is 11.0 Å². The molecule has 9 heteroatoms. The predicted molar refractivity (Wildman–Crippen MR) is 82.7 cm³/mol. The molecule has 1 N–H and O–H groups in total. The maximum atomic E-state index is 12.0. The Hall–Kier alpha value is -2.45. The number of anilines is 1. The molecule has 3 aromatic rings. The van der Waals surface area contributed by atoms with E-state index >= 15 is 0 Å². The Morgan fingerprint density at radius 1 is 1.45 bits per heavy atom. The first kappa shape index (κ1) is 14.5. The third kappa shape index (κ3) is 2.66. The predicted octanol–water partition coefficient (Wildman–Crippen LogP) is 4.01. The lowest BCUT2D eigenvalue weighted by Gasteiger charge is -1.96. The van der Waals surface area contributed by atoms with E-state index in [0.717, 1.165) is 21.8 Å². The molecule has 2 heterocycles. The Kier molecular flexibility index (Phi) is 3.55. The number of furan rings is 1. The van der Waals surface area contributed by atoms with Gasteiger partial charge in [-0.2, -0.15) is 0 Å². The quantitative estimate of drug-likeness (QED) is 0.575. The SMILES string of the molecule is Cc1cc(Cl)cc2sc(NC(=O)c3ccc([N+](=O)[O-])o3)nc12. The van der Waals surface area contributed by atoms with E-state index in [1.54, 1.807) is 12.1 Å². The summed E-state index contributed by atoms with van der Waals surface area (Å²) in [6, 6.07) is 5.90. The van der Waals surface area contributed by atoms with E-state index < -0.39 is 16.7 Å². The lowest BCUT2D eigenvalue weighted by atomic mass is 10.2. The van der Waals surface area contributed by atoms with Gasteiger partial charge in [-0.15, -0.1) is 0 Å². The Labute approximate surface area is 132 Å². The van der Waals surface area contributed by atoms with Gasteiger partial charge < -0.3 is 4.42 Å². The summed E-state index contributed by atoms with van der Waals surface area (Å²) in [5.41, 5.74) is 1.64. The van der Waals surface area contributed by atoms with E-state index in [1.165, 1.54) is 17.4 Å². The number of hydrogen-bond acceptors (Lipinski definition) is 6. The molecule has 1 aromatic carbocycles. The molecule has 22 heavy (non-hydrogen) atoms. The van der Waals surface area contributed by atoms with Crippen molar-refractivity contribution in [1.29, 1.82) is 0 Å². The van der Waals surface area contributed by atoms with Gasteiger partial charge in [0.25, 0.3) is 5.91 Å². The Morgan fingerprint density at radius 2 is 2.23 bits per heavy atom. The fourth-order valence-corrected chi connectivity index (χ4v) is 3.23. The van der Waals surface area contributed by atoms with Crippen molar-refractivity contribution in [2.24, 2.45) is 0 Å². The Bertz CT molecular complexity index is 902. The highest BCUT2D eigenvalue weighted by Crippen LogP contribution is 2.31. The summed E-state index contributed by atoms with van der Waals surface area (Å²) in [5, 5.41) is 14.1. The highest BCUT2D eigenvalue weighted by molar-refractivity contribution is 7.22. The minimum Gasteiger partial charge on any atom is -0.395 e. The average Bonchev–Trinajstić information content (AvgIpc) is 3.04. The summed E-state index contributed by atoms with van der Waals surface area (Å²) >= 11 is 7.24. The summed E-state index contributed by atoms with van der Waals surface area (Å²) in [6.45, 7) is 1.87. The van der Waals surface area contributed by atoms with E-state index in [9.17, 15) is 14.9 Å². The van der Waals surface area contributed by atoms with Crippen LogP contribution in [-0.2, 0) is 0 Å². The van der Waals surface area contributed by atoms with Crippen LogP contribution in [0.3, 0.4) is 0 Å². The van der Waals surface area contributed by atoms with E-state index in [1.807, 2.05) is 6.92 Å². The topological polar surface area (TPSA) is 98.3 Å². The molecule has 0 saturated carbocycles. The summed E-state index contributed by atoms with van der Waals surface area (Å²) in [5.74, 6) is -1.24. The van der Waals surface area contributed by atoms with Crippen LogP contribution in [0, 0.1) is 17.0 Å². The van der Waals surface area contributed by atoms with Crippen LogP contribution in [0.5, 0.6) is 0 Å². The highest BCUT2D eigenvalue weighted by atomic mass is 35.5. The molecule has 0 spiro atoms. The molecule has 0 aliphatic heterocycles. The fraction of sp³-hybridized carbons (Fsp3) is 0.0769. The Morgan fingerprint density at radius 3 is 2.91 bits per heavy atom. The van der Waals surface area contributed by atoms with Gasteiger partial charge in [0.05, 0.1) is 16.3 Å². The second kappa shape index (κ2) is 5.39. The van der Waals surface area contributed by atoms with Crippen molar-refractivity contribution in [1.82, 2.24) is 4.98 Å². The molecule has 0 fully saturated rings. The number of carbonyl (C=O) groups is 1. The van der Waals surface area contributed by atoms with Crippen molar-refractivity contribution in [3.05, 3.63) is 50.7 Å². The second-order valence-electron chi connectivity index (χ2n) is 4.44. The summed E-state index contributed by atoms with van der Waals surface area (Å²) in [4.78, 5) is 26.1. The number of aryl methyl sites for hydroxylation is 1. The van der Waals surface area contributed by atoms with Crippen molar-refractivity contribution in [3.8, 4) is 0 Å². The largest absolute Gasteiger partial charge is 0.433 e. The number of halogens is 1.